The number of hydrogen-bond acceptors (Lipinski definition) is 5. The van der Waals surface area contributed by atoms with Gasteiger partial charge in [-0.25, -0.2) is 4.98 Å². The van der Waals surface area contributed by atoms with Crippen molar-refractivity contribution in [3.8, 4) is 6.07 Å². The predicted molar refractivity (Wildman–Crippen MR) is 107 cm³/mol. The summed E-state index contributed by atoms with van der Waals surface area (Å²) in [5.74, 6) is 0. The molecule has 0 spiro atoms. The summed E-state index contributed by atoms with van der Waals surface area (Å²) in [5, 5.41) is 15.0. The van der Waals surface area contributed by atoms with Crippen molar-refractivity contribution >= 4 is 11.3 Å². The van der Waals surface area contributed by atoms with Crippen molar-refractivity contribution in [1.29, 1.82) is 5.26 Å². The van der Waals surface area contributed by atoms with Gasteiger partial charge in [0.1, 0.15) is 6.07 Å². The Labute approximate surface area is 163 Å². The van der Waals surface area contributed by atoms with Crippen LogP contribution in [0, 0.1) is 11.3 Å². The van der Waals surface area contributed by atoms with Crippen molar-refractivity contribution in [1.82, 2.24) is 19.8 Å². The Bertz CT molecular complexity index is 937. The summed E-state index contributed by atoms with van der Waals surface area (Å²) < 4.78 is 1.92. The number of imidazole rings is 1. The van der Waals surface area contributed by atoms with E-state index in [9.17, 15) is 5.26 Å². The lowest BCUT2D eigenvalue weighted by molar-refractivity contribution is 0.176. The molecule has 1 unspecified atom stereocenters. The highest BCUT2D eigenvalue weighted by Crippen LogP contribution is 2.30. The van der Waals surface area contributed by atoms with Crippen LogP contribution >= 0.6 is 11.3 Å². The van der Waals surface area contributed by atoms with Crippen LogP contribution in [0.15, 0.2) is 48.1 Å². The average molecular weight is 378 g/mol. The third-order valence-corrected chi connectivity index (χ3v) is 6.28. The lowest BCUT2D eigenvalue weighted by Gasteiger charge is -2.35. The molecule has 1 atom stereocenters. The van der Waals surface area contributed by atoms with Gasteiger partial charge in [-0.1, -0.05) is 30.3 Å². The number of nitrogens with one attached hydrogen (secondary N) is 1. The van der Waals surface area contributed by atoms with Gasteiger partial charge in [0.25, 0.3) is 0 Å². The molecule has 0 radical (unpaired) electrons. The smallest absolute Gasteiger partial charge is 0.162 e. The van der Waals surface area contributed by atoms with Crippen LogP contribution in [0.4, 0.5) is 0 Å². The topological polar surface area (TPSA) is 56.9 Å². The Morgan fingerprint density at radius 1 is 1.30 bits per heavy atom. The summed E-state index contributed by atoms with van der Waals surface area (Å²) >= 11 is 1.87. The minimum absolute atomic E-state index is 0.304. The van der Waals surface area contributed by atoms with Gasteiger partial charge in [0.15, 0.2) is 5.69 Å². The maximum absolute atomic E-state index is 9.23. The summed E-state index contributed by atoms with van der Waals surface area (Å²) in [4.78, 5) is 8.24. The molecule has 3 heterocycles. The lowest BCUT2D eigenvalue weighted by Crippen LogP contribution is -2.38. The first-order chi connectivity index (χ1) is 13.3. The summed E-state index contributed by atoms with van der Waals surface area (Å²) in [7, 11) is 1.93. The predicted octanol–water partition coefficient (Wildman–Crippen LogP) is 3.24. The molecular weight excluding hydrogens is 354 g/mol. The van der Waals surface area contributed by atoms with Crippen molar-refractivity contribution in [2.24, 2.45) is 7.05 Å². The van der Waals surface area contributed by atoms with Gasteiger partial charge in [-0.3, -0.25) is 4.90 Å². The zero-order valence-electron chi connectivity index (χ0n) is 15.4. The van der Waals surface area contributed by atoms with Gasteiger partial charge in [0, 0.05) is 44.1 Å². The maximum atomic E-state index is 9.23. The Morgan fingerprint density at radius 2 is 2.15 bits per heavy atom. The molecule has 1 aliphatic heterocycles. The second-order valence-electron chi connectivity index (χ2n) is 6.91. The third kappa shape index (κ3) is 3.81. The van der Waals surface area contributed by atoms with Crippen LogP contribution < -0.4 is 5.32 Å². The monoisotopic (exact) mass is 377 g/mol. The molecule has 0 saturated heterocycles. The lowest BCUT2D eigenvalue weighted by atomic mass is 10.0. The highest BCUT2D eigenvalue weighted by molar-refractivity contribution is 7.10. The minimum atomic E-state index is 0.304. The molecular formula is C21H23N5S. The van der Waals surface area contributed by atoms with E-state index in [1.807, 2.05) is 23.0 Å². The van der Waals surface area contributed by atoms with E-state index in [1.54, 1.807) is 6.33 Å². The Morgan fingerprint density at radius 3 is 2.96 bits per heavy atom. The molecule has 0 amide bonds. The highest BCUT2D eigenvalue weighted by atomic mass is 32.1. The van der Waals surface area contributed by atoms with Crippen LogP contribution in [0.2, 0.25) is 0 Å². The van der Waals surface area contributed by atoms with Gasteiger partial charge in [0.2, 0.25) is 0 Å². The molecule has 3 aromatic rings. The van der Waals surface area contributed by atoms with E-state index in [-0.39, 0.29) is 0 Å². The molecule has 4 rings (SSSR count). The quantitative estimate of drug-likeness (QED) is 0.716. The molecule has 0 bridgehead atoms. The van der Waals surface area contributed by atoms with Gasteiger partial charge >= 0.3 is 0 Å². The number of fused-ring (bicyclic) bond motifs is 1. The van der Waals surface area contributed by atoms with E-state index in [2.05, 4.69) is 63.0 Å². The zero-order valence-corrected chi connectivity index (χ0v) is 16.2. The van der Waals surface area contributed by atoms with E-state index in [0.717, 1.165) is 31.7 Å². The molecule has 1 aliphatic rings. The van der Waals surface area contributed by atoms with Crippen LogP contribution in [0.25, 0.3) is 0 Å². The molecule has 5 nitrogen and oxygen atoms in total. The highest BCUT2D eigenvalue weighted by Gasteiger charge is 2.25. The fourth-order valence-corrected chi connectivity index (χ4v) is 4.64. The third-order valence-electron chi connectivity index (χ3n) is 5.26. The second-order valence-corrected chi connectivity index (χ2v) is 7.91. The molecule has 1 N–H and O–H groups in total. The molecule has 27 heavy (non-hydrogen) atoms. The van der Waals surface area contributed by atoms with E-state index < -0.39 is 0 Å². The van der Waals surface area contributed by atoms with E-state index in [1.165, 1.54) is 16.0 Å². The fourth-order valence-electron chi connectivity index (χ4n) is 3.75. The minimum Gasteiger partial charge on any atom is -0.335 e. The van der Waals surface area contributed by atoms with Crippen molar-refractivity contribution in [2.75, 3.05) is 13.1 Å². The van der Waals surface area contributed by atoms with E-state index in [0.29, 0.717) is 18.3 Å². The second kappa shape index (κ2) is 8.05. The molecule has 138 valence electrons. The first-order valence-corrected chi connectivity index (χ1v) is 10.1. The van der Waals surface area contributed by atoms with Crippen LogP contribution in [0.1, 0.15) is 33.4 Å². The number of rotatable bonds is 6. The number of aryl methyl sites for hydroxylation is 1. The number of hydrogen-bond donors (Lipinski definition) is 1. The zero-order chi connectivity index (χ0) is 18.6. The summed E-state index contributed by atoms with van der Waals surface area (Å²) in [6, 6.07) is 15.4. The van der Waals surface area contributed by atoms with Crippen molar-refractivity contribution < 1.29 is 0 Å². The first kappa shape index (κ1) is 17.9. The Balaban J connectivity index is 1.49. The first-order valence-electron chi connectivity index (χ1n) is 9.21. The Kier molecular flexibility index (Phi) is 5.35. The molecule has 6 heteroatoms. The molecule has 1 aromatic carbocycles. The molecule has 0 saturated carbocycles. The summed E-state index contributed by atoms with van der Waals surface area (Å²) in [5.41, 5.74) is 4.23. The van der Waals surface area contributed by atoms with Crippen LogP contribution in [0.3, 0.4) is 0 Å². The van der Waals surface area contributed by atoms with E-state index >= 15 is 0 Å². The van der Waals surface area contributed by atoms with Crippen molar-refractivity contribution in [3.05, 3.63) is 75.5 Å². The SMILES string of the molecule is Cn1cnc(C#N)c1CNCC(c1ccccc1)N1CCc2sccc2C1. The van der Waals surface area contributed by atoms with Crippen molar-refractivity contribution in [2.45, 2.75) is 25.6 Å². The number of aromatic nitrogens is 2. The molecule has 0 aliphatic carbocycles. The largest absolute Gasteiger partial charge is 0.335 e. The summed E-state index contributed by atoms with van der Waals surface area (Å²) in [6.07, 6.45) is 2.82. The van der Waals surface area contributed by atoms with Gasteiger partial charge < -0.3 is 9.88 Å². The average Bonchev–Trinajstić information content (AvgIpc) is 3.31. The van der Waals surface area contributed by atoms with Crippen LogP contribution in [-0.2, 0) is 26.6 Å². The normalized spacial score (nSPS) is 15.3. The van der Waals surface area contributed by atoms with Gasteiger partial charge in [-0.15, -0.1) is 11.3 Å². The maximum Gasteiger partial charge on any atom is 0.162 e. The number of thiophene rings is 1. The molecule has 2 aromatic heterocycles. The van der Waals surface area contributed by atoms with Crippen LogP contribution in [-0.4, -0.2) is 27.5 Å². The number of nitrogens with zero attached hydrogens (tertiary/aromatic N) is 4. The number of benzene rings is 1. The Hall–Kier alpha value is -2.46. The van der Waals surface area contributed by atoms with Gasteiger partial charge in [0.05, 0.1) is 12.0 Å². The van der Waals surface area contributed by atoms with Crippen LogP contribution in [0.5, 0.6) is 0 Å². The standard InChI is InChI=1S/C21H23N5S/c1-25-15-24-18(11-22)20(25)13-23-12-19(16-5-3-2-4-6-16)26-9-7-21-17(14-26)8-10-27-21/h2-6,8,10,15,19,23H,7,9,12-14H2,1H3. The summed E-state index contributed by atoms with van der Waals surface area (Å²) in [6.45, 7) is 3.54. The van der Waals surface area contributed by atoms with Gasteiger partial charge in [-0.05, 0) is 29.0 Å². The van der Waals surface area contributed by atoms with Gasteiger partial charge in [-0.2, -0.15) is 5.26 Å². The van der Waals surface area contributed by atoms with Crippen molar-refractivity contribution in [3.63, 3.8) is 0 Å². The van der Waals surface area contributed by atoms with E-state index in [4.69, 9.17) is 0 Å². The molecule has 0 fully saturated rings. The number of nitriles is 1. The fraction of sp³-hybridized carbons (Fsp3) is 0.333.